The van der Waals surface area contributed by atoms with Gasteiger partial charge < -0.3 is 15.4 Å². The van der Waals surface area contributed by atoms with Crippen molar-refractivity contribution in [2.45, 2.75) is 6.92 Å². The number of carbonyl (C=O) groups is 1. The lowest BCUT2D eigenvalue weighted by Crippen LogP contribution is -2.42. The highest BCUT2D eigenvalue weighted by molar-refractivity contribution is 5.77. The smallest absolute Gasteiger partial charge is 0.233 e. The van der Waals surface area contributed by atoms with Crippen LogP contribution >= 0.6 is 0 Å². The lowest BCUT2D eigenvalue weighted by Gasteiger charge is -2.29. The first kappa shape index (κ1) is 13.4. The fourth-order valence-electron chi connectivity index (χ4n) is 1.80. The van der Waals surface area contributed by atoms with Crippen LogP contribution in [0.2, 0.25) is 0 Å². The van der Waals surface area contributed by atoms with E-state index < -0.39 is 0 Å². The first-order valence-corrected chi connectivity index (χ1v) is 5.93. The molecule has 1 aliphatic rings. The molecule has 5 nitrogen and oxygen atoms in total. The number of amides is 1. The molecule has 0 bridgehead atoms. The fourth-order valence-corrected chi connectivity index (χ4v) is 1.80. The van der Waals surface area contributed by atoms with Gasteiger partial charge in [-0.2, -0.15) is 0 Å². The number of hydrogen-bond donors (Lipinski definition) is 2. The summed E-state index contributed by atoms with van der Waals surface area (Å²) in [6.45, 7) is 8.02. The summed E-state index contributed by atoms with van der Waals surface area (Å²) in [7, 11) is 1.77. The molecule has 1 amide bonds. The van der Waals surface area contributed by atoms with E-state index in [1.165, 1.54) is 0 Å². The normalized spacial score (nSPS) is 19.4. The lowest BCUT2D eigenvalue weighted by atomic mass is 10.1. The van der Waals surface area contributed by atoms with Gasteiger partial charge >= 0.3 is 0 Å². The van der Waals surface area contributed by atoms with E-state index in [-0.39, 0.29) is 5.91 Å². The van der Waals surface area contributed by atoms with Crippen LogP contribution in [-0.2, 0) is 9.53 Å². The maximum absolute atomic E-state index is 11.2. The van der Waals surface area contributed by atoms with Crippen LogP contribution < -0.4 is 10.6 Å². The lowest BCUT2D eigenvalue weighted by molar-refractivity contribution is -0.120. The molecule has 0 aliphatic carbocycles. The molecule has 1 fully saturated rings. The van der Waals surface area contributed by atoms with Crippen LogP contribution in [0.15, 0.2) is 0 Å². The summed E-state index contributed by atoms with van der Waals surface area (Å²) in [5, 5.41) is 5.75. The Balaban J connectivity index is 2.09. The number of morpholine rings is 1. The second-order valence-electron chi connectivity index (χ2n) is 4.35. The van der Waals surface area contributed by atoms with Gasteiger partial charge in [0.15, 0.2) is 0 Å². The third kappa shape index (κ3) is 5.44. The zero-order valence-corrected chi connectivity index (χ0v) is 10.3. The monoisotopic (exact) mass is 229 g/mol. The molecule has 1 rings (SSSR count). The van der Waals surface area contributed by atoms with Gasteiger partial charge in [0.25, 0.3) is 0 Å². The highest BCUT2D eigenvalue weighted by Crippen LogP contribution is 2.02. The van der Waals surface area contributed by atoms with Gasteiger partial charge in [0.1, 0.15) is 0 Å². The van der Waals surface area contributed by atoms with E-state index in [9.17, 15) is 4.79 Å². The van der Waals surface area contributed by atoms with Crippen molar-refractivity contribution in [3.8, 4) is 0 Å². The maximum atomic E-state index is 11.2. The Kier molecular flexibility index (Phi) is 6.37. The van der Waals surface area contributed by atoms with Gasteiger partial charge in [-0.05, 0) is 13.0 Å². The third-order valence-corrected chi connectivity index (χ3v) is 2.66. The van der Waals surface area contributed by atoms with Crippen molar-refractivity contribution >= 4 is 5.91 Å². The van der Waals surface area contributed by atoms with Crippen molar-refractivity contribution in [3.05, 3.63) is 0 Å². The van der Waals surface area contributed by atoms with Crippen molar-refractivity contribution in [2.75, 3.05) is 53.0 Å². The predicted octanol–water partition coefficient (Wildman–Crippen LogP) is -0.710. The molecule has 5 heteroatoms. The number of hydrogen-bond acceptors (Lipinski definition) is 4. The van der Waals surface area contributed by atoms with Gasteiger partial charge in [-0.25, -0.2) is 0 Å². The molecule has 1 heterocycles. The van der Waals surface area contributed by atoms with Crippen LogP contribution in [-0.4, -0.2) is 63.8 Å². The van der Waals surface area contributed by atoms with Gasteiger partial charge in [-0.1, -0.05) is 6.92 Å². The molecule has 0 saturated carbocycles. The Morgan fingerprint density at radius 2 is 2.12 bits per heavy atom. The van der Waals surface area contributed by atoms with Crippen molar-refractivity contribution < 1.29 is 9.53 Å². The molecular weight excluding hydrogens is 206 g/mol. The molecule has 94 valence electrons. The Morgan fingerprint density at radius 3 is 2.75 bits per heavy atom. The minimum absolute atomic E-state index is 0.0660. The van der Waals surface area contributed by atoms with Crippen molar-refractivity contribution in [1.29, 1.82) is 0 Å². The van der Waals surface area contributed by atoms with Gasteiger partial charge in [-0.15, -0.1) is 0 Å². The molecule has 0 aromatic heterocycles. The minimum atomic E-state index is 0.0660. The zero-order valence-electron chi connectivity index (χ0n) is 10.3. The first-order chi connectivity index (χ1) is 7.72. The average molecular weight is 229 g/mol. The predicted molar refractivity (Wildman–Crippen MR) is 63.4 cm³/mol. The molecule has 0 aromatic rings. The second-order valence-corrected chi connectivity index (χ2v) is 4.35. The van der Waals surface area contributed by atoms with Gasteiger partial charge in [0.05, 0.1) is 19.8 Å². The Hall–Kier alpha value is -0.650. The quantitative estimate of drug-likeness (QED) is 0.632. The van der Waals surface area contributed by atoms with Crippen LogP contribution in [0.3, 0.4) is 0 Å². The van der Waals surface area contributed by atoms with E-state index >= 15 is 0 Å². The molecule has 1 atom stereocenters. The molecule has 0 aromatic carbocycles. The minimum Gasteiger partial charge on any atom is -0.379 e. The van der Waals surface area contributed by atoms with E-state index in [0.717, 1.165) is 39.4 Å². The molecule has 0 radical (unpaired) electrons. The standard InChI is InChI=1S/C11H23N3O2/c1-10(7-13-11(15)8-12-2)9-14-3-5-16-6-4-14/h10,12H,3-9H2,1-2H3,(H,13,15). The van der Waals surface area contributed by atoms with Gasteiger partial charge in [0, 0.05) is 26.2 Å². The Labute approximate surface area is 97.5 Å². The van der Waals surface area contributed by atoms with Crippen molar-refractivity contribution in [2.24, 2.45) is 5.92 Å². The first-order valence-electron chi connectivity index (χ1n) is 5.93. The number of carbonyl (C=O) groups excluding carboxylic acids is 1. The van der Waals surface area contributed by atoms with Gasteiger partial charge in [-0.3, -0.25) is 9.69 Å². The Morgan fingerprint density at radius 1 is 1.44 bits per heavy atom. The molecule has 16 heavy (non-hydrogen) atoms. The van der Waals surface area contributed by atoms with E-state index in [2.05, 4.69) is 22.5 Å². The molecule has 1 unspecified atom stereocenters. The summed E-state index contributed by atoms with van der Waals surface area (Å²) in [4.78, 5) is 13.6. The summed E-state index contributed by atoms with van der Waals surface area (Å²) < 4.78 is 5.29. The van der Waals surface area contributed by atoms with Crippen LogP contribution in [0.25, 0.3) is 0 Å². The molecule has 0 spiro atoms. The number of nitrogens with one attached hydrogen (secondary N) is 2. The van der Waals surface area contributed by atoms with E-state index in [0.29, 0.717) is 12.5 Å². The zero-order chi connectivity index (χ0) is 11.8. The van der Waals surface area contributed by atoms with E-state index in [1.54, 1.807) is 7.05 Å². The van der Waals surface area contributed by atoms with Crippen molar-refractivity contribution in [1.82, 2.24) is 15.5 Å². The summed E-state index contributed by atoms with van der Waals surface area (Å²) >= 11 is 0. The largest absolute Gasteiger partial charge is 0.379 e. The molecule has 1 saturated heterocycles. The average Bonchev–Trinajstić information content (AvgIpc) is 2.28. The fraction of sp³-hybridized carbons (Fsp3) is 0.909. The van der Waals surface area contributed by atoms with Crippen molar-refractivity contribution in [3.63, 3.8) is 0 Å². The van der Waals surface area contributed by atoms with E-state index in [4.69, 9.17) is 4.74 Å². The molecule has 2 N–H and O–H groups in total. The maximum Gasteiger partial charge on any atom is 0.233 e. The number of likely N-dealkylation sites (N-methyl/N-ethyl adjacent to an activating group) is 1. The summed E-state index contributed by atoms with van der Waals surface area (Å²) in [6, 6.07) is 0. The summed E-state index contributed by atoms with van der Waals surface area (Å²) in [5.41, 5.74) is 0. The molecule has 1 aliphatic heterocycles. The highest BCUT2D eigenvalue weighted by Gasteiger charge is 2.13. The number of ether oxygens (including phenoxy) is 1. The SMILES string of the molecule is CNCC(=O)NCC(C)CN1CCOCC1. The Bertz CT molecular complexity index is 205. The summed E-state index contributed by atoms with van der Waals surface area (Å²) in [5.74, 6) is 0.551. The second kappa shape index (κ2) is 7.60. The number of rotatable bonds is 6. The number of nitrogens with zero attached hydrogens (tertiary/aromatic N) is 1. The van der Waals surface area contributed by atoms with Crippen LogP contribution in [0, 0.1) is 5.92 Å². The van der Waals surface area contributed by atoms with Gasteiger partial charge in [0.2, 0.25) is 5.91 Å². The van der Waals surface area contributed by atoms with Crippen LogP contribution in [0.1, 0.15) is 6.92 Å². The third-order valence-electron chi connectivity index (χ3n) is 2.66. The van der Waals surface area contributed by atoms with E-state index in [1.807, 2.05) is 0 Å². The highest BCUT2D eigenvalue weighted by atomic mass is 16.5. The van der Waals surface area contributed by atoms with Crippen LogP contribution in [0.5, 0.6) is 0 Å². The summed E-state index contributed by atoms with van der Waals surface area (Å²) in [6.07, 6.45) is 0. The molecular formula is C11H23N3O2. The van der Waals surface area contributed by atoms with Crippen LogP contribution in [0.4, 0.5) is 0 Å². The topological polar surface area (TPSA) is 53.6 Å².